The van der Waals surface area contributed by atoms with E-state index in [-0.39, 0.29) is 17.2 Å². The Morgan fingerprint density at radius 1 is 1.27 bits per heavy atom. The summed E-state index contributed by atoms with van der Waals surface area (Å²) in [6, 6.07) is 3.16. The normalized spacial score (nSPS) is 25.1. The third kappa shape index (κ3) is 3.52. The molecule has 2 atom stereocenters. The summed E-state index contributed by atoms with van der Waals surface area (Å²) in [4.78, 5) is 30.6. The van der Waals surface area contributed by atoms with Crippen molar-refractivity contribution in [2.45, 2.75) is 30.0 Å². The van der Waals surface area contributed by atoms with Gasteiger partial charge in [0.25, 0.3) is 5.91 Å². The minimum absolute atomic E-state index is 0.115. The second-order valence-electron chi connectivity index (χ2n) is 8.20. The van der Waals surface area contributed by atoms with Crippen molar-refractivity contribution in [2.75, 3.05) is 53.6 Å². The highest BCUT2D eigenvalue weighted by molar-refractivity contribution is 8.01. The number of nitrogens with zero attached hydrogens (tertiary/aromatic N) is 2. The lowest BCUT2D eigenvalue weighted by Gasteiger charge is -2.30. The van der Waals surface area contributed by atoms with Gasteiger partial charge >= 0.3 is 0 Å². The summed E-state index contributed by atoms with van der Waals surface area (Å²) in [7, 11) is 3.08. The van der Waals surface area contributed by atoms with Crippen molar-refractivity contribution in [1.29, 1.82) is 0 Å². The highest BCUT2D eigenvalue weighted by atomic mass is 32.2. The summed E-state index contributed by atoms with van der Waals surface area (Å²) in [6.07, 6.45) is 0. The maximum Gasteiger partial charge on any atom is 0.260 e. The Morgan fingerprint density at radius 3 is 2.67 bits per heavy atom. The molecule has 0 saturated carbocycles. The fourth-order valence-corrected chi connectivity index (χ4v) is 6.09. The maximum atomic E-state index is 13.4. The second kappa shape index (κ2) is 8.28. The molecule has 3 aliphatic heterocycles. The lowest BCUT2D eigenvalue weighted by Crippen LogP contribution is -2.53. The van der Waals surface area contributed by atoms with Crippen LogP contribution in [0.2, 0.25) is 0 Å². The molecule has 2 amide bonds. The molecule has 2 fully saturated rings. The molecule has 2 saturated heterocycles. The SMILES string of the molecule is COc1ccc2c(c1OC)C(=O)N1[C@@H]2SC(C)(C)[C@@H]1C(=O)NCCN1CCOCC1. The van der Waals surface area contributed by atoms with Gasteiger partial charge in [-0.1, -0.05) is 6.07 Å². The summed E-state index contributed by atoms with van der Waals surface area (Å²) in [5.74, 6) is 0.647. The number of hydrogen-bond acceptors (Lipinski definition) is 7. The average Bonchev–Trinajstić information content (AvgIpc) is 3.17. The Balaban J connectivity index is 1.53. The summed E-state index contributed by atoms with van der Waals surface area (Å²) in [5.41, 5.74) is 1.37. The number of carbonyl (C=O) groups is 2. The smallest absolute Gasteiger partial charge is 0.260 e. The number of methoxy groups -OCH3 is 2. The first kappa shape index (κ1) is 21.3. The molecule has 164 valence electrons. The van der Waals surface area contributed by atoms with Gasteiger partial charge in [0.15, 0.2) is 11.5 Å². The predicted octanol–water partition coefficient (Wildman–Crippen LogP) is 1.50. The van der Waals surface area contributed by atoms with Crippen molar-refractivity contribution in [3.8, 4) is 11.5 Å². The zero-order valence-corrected chi connectivity index (χ0v) is 18.7. The van der Waals surface area contributed by atoms with Gasteiger partial charge in [-0.15, -0.1) is 11.8 Å². The summed E-state index contributed by atoms with van der Waals surface area (Å²) >= 11 is 1.64. The lowest BCUT2D eigenvalue weighted by molar-refractivity contribution is -0.126. The molecule has 1 aromatic carbocycles. The van der Waals surface area contributed by atoms with Crippen LogP contribution in [0.25, 0.3) is 0 Å². The van der Waals surface area contributed by atoms with Crippen LogP contribution in [0.15, 0.2) is 12.1 Å². The zero-order chi connectivity index (χ0) is 21.5. The quantitative estimate of drug-likeness (QED) is 0.725. The monoisotopic (exact) mass is 435 g/mol. The van der Waals surface area contributed by atoms with E-state index in [1.54, 1.807) is 23.8 Å². The zero-order valence-electron chi connectivity index (χ0n) is 17.9. The van der Waals surface area contributed by atoms with Crippen molar-refractivity contribution < 1.29 is 23.8 Å². The van der Waals surface area contributed by atoms with E-state index in [0.717, 1.165) is 38.4 Å². The first-order valence-corrected chi connectivity index (χ1v) is 11.1. The van der Waals surface area contributed by atoms with Crippen LogP contribution in [0.3, 0.4) is 0 Å². The van der Waals surface area contributed by atoms with Gasteiger partial charge in [0.05, 0.1) is 33.0 Å². The molecule has 3 aliphatic rings. The van der Waals surface area contributed by atoms with E-state index in [1.165, 1.54) is 7.11 Å². The Kier molecular flexibility index (Phi) is 5.87. The second-order valence-corrected chi connectivity index (χ2v) is 9.93. The number of ether oxygens (including phenoxy) is 3. The Labute approximate surface area is 181 Å². The van der Waals surface area contributed by atoms with Crippen molar-refractivity contribution in [3.05, 3.63) is 23.3 Å². The van der Waals surface area contributed by atoms with Crippen molar-refractivity contribution >= 4 is 23.6 Å². The van der Waals surface area contributed by atoms with Crippen LogP contribution >= 0.6 is 11.8 Å². The third-order valence-electron chi connectivity index (χ3n) is 5.98. The van der Waals surface area contributed by atoms with E-state index in [2.05, 4.69) is 10.2 Å². The molecule has 30 heavy (non-hydrogen) atoms. The van der Waals surface area contributed by atoms with Gasteiger partial charge < -0.3 is 24.4 Å². The highest BCUT2D eigenvalue weighted by Gasteiger charge is 2.58. The first-order valence-electron chi connectivity index (χ1n) is 10.2. The van der Waals surface area contributed by atoms with Crippen molar-refractivity contribution in [1.82, 2.24) is 15.1 Å². The lowest BCUT2D eigenvalue weighted by atomic mass is 10.0. The topological polar surface area (TPSA) is 80.3 Å². The molecule has 4 rings (SSSR count). The number of thioether (sulfide) groups is 1. The molecule has 0 spiro atoms. The molecular weight excluding hydrogens is 406 g/mol. The van der Waals surface area contributed by atoms with E-state index < -0.39 is 10.8 Å². The molecule has 0 aliphatic carbocycles. The van der Waals surface area contributed by atoms with Crippen molar-refractivity contribution in [3.63, 3.8) is 0 Å². The molecule has 1 N–H and O–H groups in total. The van der Waals surface area contributed by atoms with Crippen LogP contribution in [0.4, 0.5) is 0 Å². The third-order valence-corrected chi connectivity index (χ3v) is 7.51. The van der Waals surface area contributed by atoms with Gasteiger partial charge in [0.1, 0.15) is 11.4 Å². The molecular formula is C21H29N3O5S. The van der Waals surface area contributed by atoms with E-state index in [0.29, 0.717) is 23.6 Å². The van der Waals surface area contributed by atoms with Gasteiger partial charge in [-0.2, -0.15) is 0 Å². The van der Waals surface area contributed by atoms with Crippen LogP contribution in [-0.4, -0.2) is 86.0 Å². The van der Waals surface area contributed by atoms with Gasteiger partial charge in [-0.05, 0) is 19.9 Å². The molecule has 0 unspecified atom stereocenters. The fraction of sp³-hybridized carbons (Fsp3) is 0.619. The molecule has 8 nitrogen and oxygen atoms in total. The summed E-state index contributed by atoms with van der Waals surface area (Å²) in [5, 5.41) is 2.84. The molecule has 0 bridgehead atoms. The number of rotatable bonds is 6. The van der Waals surface area contributed by atoms with Gasteiger partial charge in [-0.3, -0.25) is 14.5 Å². The number of nitrogens with one attached hydrogen (secondary N) is 1. The molecule has 3 heterocycles. The number of benzene rings is 1. The first-order chi connectivity index (χ1) is 14.4. The highest BCUT2D eigenvalue weighted by Crippen LogP contribution is 2.58. The number of carbonyl (C=O) groups excluding carboxylic acids is 2. The van der Waals surface area contributed by atoms with Crippen LogP contribution in [0.1, 0.15) is 35.1 Å². The summed E-state index contributed by atoms with van der Waals surface area (Å²) < 4.78 is 15.8. The largest absolute Gasteiger partial charge is 0.493 e. The van der Waals surface area contributed by atoms with Gasteiger partial charge in [0, 0.05) is 36.5 Å². The number of morpholine rings is 1. The Bertz CT molecular complexity index is 840. The number of fused-ring (bicyclic) bond motifs is 3. The fourth-order valence-electron chi connectivity index (χ4n) is 4.51. The summed E-state index contributed by atoms with van der Waals surface area (Å²) in [6.45, 7) is 8.59. The van der Waals surface area contributed by atoms with Crippen LogP contribution < -0.4 is 14.8 Å². The number of amides is 2. The Morgan fingerprint density at radius 2 is 2.00 bits per heavy atom. The van der Waals surface area contributed by atoms with Gasteiger partial charge in [-0.25, -0.2) is 0 Å². The molecule has 9 heteroatoms. The van der Waals surface area contributed by atoms with Crippen LogP contribution in [-0.2, 0) is 9.53 Å². The Hall–Kier alpha value is -1.97. The maximum absolute atomic E-state index is 13.4. The standard InChI is InChI=1S/C21H29N3O5S/c1-21(2)17(18(25)22-7-8-23-9-11-29-12-10-23)24-19(26)15-13(20(24)30-21)5-6-14(27-3)16(15)28-4/h5-6,17,20H,7-12H2,1-4H3,(H,22,25)/t17-,20+/m0/s1. The van der Waals surface area contributed by atoms with E-state index in [1.807, 2.05) is 26.0 Å². The molecule has 0 radical (unpaired) electrons. The van der Waals surface area contributed by atoms with E-state index in [4.69, 9.17) is 14.2 Å². The van der Waals surface area contributed by atoms with Crippen LogP contribution in [0.5, 0.6) is 11.5 Å². The minimum Gasteiger partial charge on any atom is -0.493 e. The van der Waals surface area contributed by atoms with E-state index >= 15 is 0 Å². The predicted molar refractivity (Wildman–Crippen MR) is 114 cm³/mol. The molecule has 1 aromatic rings. The molecule has 0 aromatic heterocycles. The van der Waals surface area contributed by atoms with Gasteiger partial charge in [0.2, 0.25) is 5.91 Å². The van der Waals surface area contributed by atoms with Crippen molar-refractivity contribution in [2.24, 2.45) is 0 Å². The minimum atomic E-state index is -0.562. The van der Waals surface area contributed by atoms with Crippen LogP contribution in [0, 0.1) is 0 Å². The number of hydrogen-bond donors (Lipinski definition) is 1. The average molecular weight is 436 g/mol. The van der Waals surface area contributed by atoms with E-state index in [9.17, 15) is 9.59 Å².